The minimum atomic E-state index is -0.499. The first-order chi connectivity index (χ1) is 9.04. The fourth-order valence-electron chi connectivity index (χ4n) is 2.01. The van der Waals surface area contributed by atoms with Crippen LogP contribution in [0.15, 0.2) is 30.5 Å². The van der Waals surface area contributed by atoms with Crippen molar-refractivity contribution in [2.24, 2.45) is 5.73 Å². The van der Waals surface area contributed by atoms with Crippen molar-refractivity contribution in [1.29, 1.82) is 0 Å². The number of rotatable bonds is 4. The summed E-state index contributed by atoms with van der Waals surface area (Å²) in [6.07, 6.45) is 1.75. The maximum Gasteiger partial charge on any atom is 0.252 e. The average molecular weight is 259 g/mol. The van der Waals surface area contributed by atoms with Crippen LogP contribution in [0.25, 0.3) is 11.3 Å². The van der Waals surface area contributed by atoms with Gasteiger partial charge in [0.1, 0.15) is 5.75 Å². The summed E-state index contributed by atoms with van der Waals surface area (Å²) in [4.78, 5) is 11.3. The van der Waals surface area contributed by atoms with Gasteiger partial charge in [-0.2, -0.15) is 5.10 Å². The van der Waals surface area contributed by atoms with Gasteiger partial charge in [-0.05, 0) is 32.0 Å². The Kier molecular flexibility index (Phi) is 3.55. The van der Waals surface area contributed by atoms with Gasteiger partial charge in [-0.15, -0.1) is 0 Å². The zero-order chi connectivity index (χ0) is 14.0. The van der Waals surface area contributed by atoms with Crippen LogP contribution < -0.4 is 10.5 Å². The molecule has 2 N–H and O–H groups in total. The number of methoxy groups -OCH3 is 1. The molecule has 0 aliphatic rings. The SMILES string of the molecule is COc1cc(-c2ccnn2C(C)C)ccc1C(N)=O. The Balaban J connectivity index is 2.52. The predicted octanol–water partition coefficient (Wildman–Crippen LogP) is 2.24. The summed E-state index contributed by atoms with van der Waals surface area (Å²) in [6.45, 7) is 4.12. The van der Waals surface area contributed by atoms with E-state index < -0.39 is 5.91 Å². The van der Waals surface area contributed by atoms with Crippen molar-refractivity contribution in [3.8, 4) is 17.0 Å². The van der Waals surface area contributed by atoms with Crippen LogP contribution in [0.1, 0.15) is 30.2 Å². The van der Waals surface area contributed by atoms with Gasteiger partial charge in [-0.25, -0.2) is 0 Å². The van der Waals surface area contributed by atoms with Crippen molar-refractivity contribution < 1.29 is 9.53 Å². The van der Waals surface area contributed by atoms with E-state index in [0.717, 1.165) is 11.3 Å². The molecule has 0 saturated carbocycles. The number of carbonyl (C=O) groups is 1. The molecule has 1 heterocycles. The maximum atomic E-state index is 11.3. The highest BCUT2D eigenvalue weighted by Crippen LogP contribution is 2.28. The van der Waals surface area contributed by atoms with E-state index in [9.17, 15) is 4.79 Å². The summed E-state index contributed by atoms with van der Waals surface area (Å²) in [5.41, 5.74) is 7.59. The molecule has 2 aromatic rings. The summed E-state index contributed by atoms with van der Waals surface area (Å²) in [5, 5.41) is 4.29. The first-order valence-electron chi connectivity index (χ1n) is 6.06. The van der Waals surface area contributed by atoms with E-state index in [0.29, 0.717) is 11.3 Å². The van der Waals surface area contributed by atoms with Gasteiger partial charge in [0.05, 0.1) is 18.4 Å². The molecule has 19 heavy (non-hydrogen) atoms. The lowest BCUT2D eigenvalue weighted by molar-refractivity contribution is 0.0997. The third-order valence-electron chi connectivity index (χ3n) is 2.92. The lowest BCUT2D eigenvalue weighted by atomic mass is 10.1. The van der Waals surface area contributed by atoms with Crippen LogP contribution in [0.4, 0.5) is 0 Å². The van der Waals surface area contributed by atoms with Crippen molar-refractivity contribution in [3.63, 3.8) is 0 Å². The first-order valence-corrected chi connectivity index (χ1v) is 6.06. The molecule has 1 amide bonds. The van der Waals surface area contributed by atoms with Crippen molar-refractivity contribution in [2.75, 3.05) is 7.11 Å². The fraction of sp³-hybridized carbons (Fsp3) is 0.286. The van der Waals surface area contributed by atoms with Crippen LogP contribution >= 0.6 is 0 Å². The number of hydrogen-bond donors (Lipinski definition) is 1. The molecule has 0 aliphatic carbocycles. The maximum absolute atomic E-state index is 11.3. The van der Waals surface area contributed by atoms with Crippen molar-refractivity contribution >= 4 is 5.91 Å². The average Bonchev–Trinajstić information content (AvgIpc) is 2.87. The summed E-state index contributed by atoms with van der Waals surface area (Å²) in [7, 11) is 1.52. The molecule has 5 heteroatoms. The van der Waals surface area contributed by atoms with Gasteiger partial charge >= 0.3 is 0 Å². The zero-order valence-corrected chi connectivity index (χ0v) is 11.3. The van der Waals surface area contributed by atoms with Gasteiger partial charge in [0.25, 0.3) is 5.91 Å². The van der Waals surface area contributed by atoms with E-state index >= 15 is 0 Å². The predicted molar refractivity (Wildman–Crippen MR) is 73.1 cm³/mol. The Morgan fingerprint density at radius 1 is 1.37 bits per heavy atom. The summed E-state index contributed by atoms with van der Waals surface area (Å²) >= 11 is 0. The number of hydrogen-bond acceptors (Lipinski definition) is 3. The van der Waals surface area contributed by atoms with Crippen molar-refractivity contribution in [3.05, 3.63) is 36.0 Å². The number of carbonyl (C=O) groups excluding carboxylic acids is 1. The lowest BCUT2D eigenvalue weighted by Gasteiger charge is -2.13. The number of aromatic nitrogens is 2. The number of primary amides is 1. The summed E-state index contributed by atoms with van der Waals surface area (Å²) in [6, 6.07) is 7.51. The third-order valence-corrected chi connectivity index (χ3v) is 2.92. The van der Waals surface area contributed by atoms with E-state index in [2.05, 4.69) is 18.9 Å². The molecule has 0 fully saturated rings. The first kappa shape index (κ1) is 13.1. The zero-order valence-electron chi connectivity index (χ0n) is 11.3. The largest absolute Gasteiger partial charge is 0.496 e. The van der Waals surface area contributed by atoms with Gasteiger partial charge in [-0.1, -0.05) is 6.07 Å². The second kappa shape index (κ2) is 5.14. The van der Waals surface area contributed by atoms with Crippen LogP contribution in [-0.4, -0.2) is 22.8 Å². The molecule has 0 spiro atoms. The van der Waals surface area contributed by atoms with Gasteiger partial charge < -0.3 is 10.5 Å². The molecular formula is C14H17N3O2. The van der Waals surface area contributed by atoms with Crippen LogP contribution in [0.2, 0.25) is 0 Å². The number of nitrogens with two attached hydrogens (primary N) is 1. The molecule has 5 nitrogen and oxygen atoms in total. The highest BCUT2D eigenvalue weighted by Gasteiger charge is 2.13. The van der Waals surface area contributed by atoms with Gasteiger partial charge in [0, 0.05) is 17.8 Å². The van der Waals surface area contributed by atoms with Crippen LogP contribution in [0.3, 0.4) is 0 Å². The standard InChI is InChI=1S/C14H17N3O2/c1-9(2)17-12(6-7-16-17)10-4-5-11(14(15)18)13(8-10)19-3/h4-9H,1-3H3,(H2,15,18). The van der Waals surface area contributed by atoms with E-state index in [1.807, 2.05) is 16.8 Å². The lowest BCUT2D eigenvalue weighted by Crippen LogP contribution is -2.12. The molecule has 100 valence electrons. The molecule has 0 atom stereocenters. The summed E-state index contributed by atoms with van der Waals surface area (Å²) < 4.78 is 7.13. The monoisotopic (exact) mass is 259 g/mol. The van der Waals surface area contributed by atoms with E-state index in [-0.39, 0.29) is 6.04 Å². The second-order valence-corrected chi connectivity index (χ2v) is 4.53. The highest BCUT2D eigenvalue weighted by atomic mass is 16.5. The summed E-state index contributed by atoms with van der Waals surface area (Å²) in [5.74, 6) is -0.0257. The van der Waals surface area contributed by atoms with Crippen LogP contribution in [-0.2, 0) is 0 Å². The van der Waals surface area contributed by atoms with Gasteiger partial charge in [0.2, 0.25) is 0 Å². The molecule has 0 saturated heterocycles. The Morgan fingerprint density at radius 2 is 2.11 bits per heavy atom. The molecule has 0 unspecified atom stereocenters. The van der Waals surface area contributed by atoms with Crippen LogP contribution in [0, 0.1) is 0 Å². The quantitative estimate of drug-likeness (QED) is 0.915. The Hall–Kier alpha value is -2.30. The number of ether oxygens (including phenoxy) is 1. The Bertz CT molecular complexity index is 602. The molecule has 0 aliphatic heterocycles. The minimum Gasteiger partial charge on any atom is -0.496 e. The van der Waals surface area contributed by atoms with Crippen molar-refractivity contribution in [1.82, 2.24) is 9.78 Å². The molecule has 0 radical (unpaired) electrons. The van der Waals surface area contributed by atoms with Crippen LogP contribution in [0.5, 0.6) is 5.75 Å². The molecule has 2 rings (SSSR count). The fourth-order valence-corrected chi connectivity index (χ4v) is 2.01. The number of amides is 1. The van der Waals surface area contributed by atoms with E-state index in [4.69, 9.17) is 10.5 Å². The highest BCUT2D eigenvalue weighted by molar-refractivity contribution is 5.96. The smallest absolute Gasteiger partial charge is 0.252 e. The molecule has 1 aromatic heterocycles. The molecule has 1 aromatic carbocycles. The third kappa shape index (κ3) is 2.45. The number of benzene rings is 1. The van der Waals surface area contributed by atoms with Crippen molar-refractivity contribution in [2.45, 2.75) is 19.9 Å². The van der Waals surface area contributed by atoms with E-state index in [1.165, 1.54) is 7.11 Å². The van der Waals surface area contributed by atoms with Gasteiger partial charge in [0.15, 0.2) is 0 Å². The molecule has 0 bridgehead atoms. The Labute approximate surface area is 112 Å². The number of nitrogens with zero attached hydrogens (tertiary/aromatic N) is 2. The normalized spacial score (nSPS) is 10.7. The van der Waals surface area contributed by atoms with Gasteiger partial charge in [-0.3, -0.25) is 9.48 Å². The van der Waals surface area contributed by atoms with E-state index in [1.54, 1.807) is 18.3 Å². The molecular weight excluding hydrogens is 242 g/mol. The second-order valence-electron chi connectivity index (χ2n) is 4.53. The topological polar surface area (TPSA) is 70.1 Å². The minimum absolute atomic E-state index is 0.256. The Morgan fingerprint density at radius 3 is 2.68 bits per heavy atom.